The molecule has 126 valence electrons. The highest BCUT2D eigenvalue weighted by atomic mass is 19.3. The van der Waals surface area contributed by atoms with Crippen LogP contribution >= 0.6 is 0 Å². The van der Waals surface area contributed by atoms with Crippen LogP contribution in [0, 0.1) is 0 Å². The van der Waals surface area contributed by atoms with Gasteiger partial charge in [0, 0.05) is 0 Å². The zero-order valence-electron chi connectivity index (χ0n) is 12.8. The van der Waals surface area contributed by atoms with Gasteiger partial charge in [0.05, 0.1) is 34.8 Å². The number of allylic oxidation sites excluding steroid dienone is 4. The summed E-state index contributed by atoms with van der Waals surface area (Å²) in [6, 6.07) is 5.86. The van der Waals surface area contributed by atoms with E-state index in [0.717, 1.165) is 0 Å². The average Bonchev–Trinajstić information content (AvgIpc) is 2.43. The maximum absolute atomic E-state index is 13.3. The van der Waals surface area contributed by atoms with Gasteiger partial charge in [-0.1, -0.05) is 0 Å². The molecule has 0 fully saturated rings. The molecule has 0 saturated carbocycles. The Morgan fingerprint density at radius 1 is 0.708 bits per heavy atom. The standard InChI is InChI=1S/C14H12B2F4O4/c1-9-7-13(23-15(17,18)21-9)11-3-5-12(6-4-11)14-8-10(2)22-16(19,20)24-14/h3-8H,1-2H3. The van der Waals surface area contributed by atoms with Gasteiger partial charge in [0.15, 0.2) is 0 Å². The van der Waals surface area contributed by atoms with Crippen molar-refractivity contribution in [2.24, 2.45) is 0 Å². The molecule has 10 heteroatoms. The van der Waals surface area contributed by atoms with Crippen molar-refractivity contribution in [2.45, 2.75) is 13.8 Å². The van der Waals surface area contributed by atoms with E-state index in [9.17, 15) is 17.3 Å². The summed E-state index contributed by atoms with van der Waals surface area (Å²) in [5, 5.41) is 0. The van der Waals surface area contributed by atoms with E-state index < -0.39 is 14.2 Å². The summed E-state index contributed by atoms with van der Waals surface area (Å²) >= 11 is 0. The Hall–Kier alpha value is -2.51. The lowest BCUT2D eigenvalue weighted by Crippen LogP contribution is -2.31. The van der Waals surface area contributed by atoms with Gasteiger partial charge < -0.3 is 35.3 Å². The Morgan fingerprint density at radius 2 is 1.04 bits per heavy atom. The van der Waals surface area contributed by atoms with Crippen LogP contribution in [0.25, 0.3) is 0 Å². The normalized spacial score (nSPS) is 21.6. The number of hydrogen-bond acceptors (Lipinski definition) is 2. The fourth-order valence-electron chi connectivity index (χ4n) is 2.38. The van der Waals surface area contributed by atoms with Gasteiger partial charge in [-0.25, -0.2) is 0 Å². The molecule has 0 radical (unpaired) electrons. The van der Waals surface area contributed by atoms with Crippen LogP contribution in [0.15, 0.2) is 47.9 Å². The molecule has 0 unspecified atom stereocenters. The lowest BCUT2D eigenvalue weighted by Gasteiger charge is -2.18. The first-order valence-electron chi connectivity index (χ1n) is 7.11. The molecule has 24 heavy (non-hydrogen) atoms. The molecular weight excluding hydrogens is 330 g/mol. The molecule has 0 aliphatic carbocycles. The molecular formula is C14H12B2F4O4. The molecule has 0 bridgehead atoms. The Labute approximate surface area is 134 Å². The largest absolute Gasteiger partial charge is 0.994 e. The summed E-state index contributed by atoms with van der Waals surface area (Å²) < 4.78 is 70.9. The van der Waals surface area contributed by atoms with Gasteiger partial charge in [-0.05, 0) is 38.1 Å². The second-order valence-corrected chi connectivity index (χ2v) is 5.36. The molecule has 1 aromatic carbocycles. The molecule has 2 aliphatic rings. The first-order chi connectivity index (χ1) is 11.1. The third kappa shape index (κ3) is 3.52. The molecule has 1 aromatic rings. The molecule has 0 amide bonds. The summed E-state index contributed by atoms with van der Waals surface area (Å²) in [7, 11) is -8.84. The van der Waals surface area contributed by atoms with Crippen molar-refractivity contribution in [3.63, 3.8) is 0 Å². The minimum atomic E-state index is -4.42. The Morgan fingerprint density at radius 3 is 1.33 bits per heavy atom. The highest BCUT2D eigenvalue weighted by molar-refractivity contribution is 6.51. The first kappa shape index (κ1) is 16.4. The van der Waals surface area contributed by atoms with Gasteiger partial charge in [-0.2, -0.15) is 0 Å². The van der Waals surface area contributed by atoms with Gasteiger partial charge >= 0.3 is 14.2 Å². The van der Waals surface area contributed by atoms with E-state index in [-0.39, 0.29) is 23.1 Å². The number of carbonyl (C=O) groups excluding carboxylic acids is 2. The number of benzene rings is 1. The molecule has 0 saturated heterocycles. The highest BCUT2D eigenvalue weighted by Gasteiger charge is 2.53. The number of halogens is 4. The summed E-state index contributed by atoms with van der Waals surface area (Å²) in [6.45, 7) is 2.77. The molecule has 0 spiro atoms. The number of rotatable bonds is 2. The van der Waals surface area contributed by atoms with Crippen LogP contribution in [0.1, 0.15) is 33.7 Å². The van der Waals surface area contributed by atoms with Crippen LogP contribution in [-0.4, -0.2) is 25.8 Å². The van der Waals surface area contributed by atoms with Gasteiger partial charge in [0.25, 0.3) is 11.6 Å². The summed E-state index contributed by atoms with van der Waals surface area (Å²) in [6.07, 6.45) is 2.65. The van der Waals surface area contributed by atoms with E-state index in [2.05, 4.69) is 18.0 Å². The molecule has 4 nitrogen and oxygen atoms in total. The van der Waals surface area contributed by atoms with Crippen molar-refractivity contribution in [1.82, 2.24) is 0 Å². The third-order valence-electron chi connectivity index (χ3n) is 3.30. The molecule has 0 atom stereocenters. The summed E-state index contributed by atoms with van der Waals surface area (Å²) in [5.74, 6) is -0.0781. The van der Waals surface area contributed by atoms with Gasteiger partial charge in [-0.15, -0.1) is 0 Å². The minimum Gasteiger partial charge on any atom is -0.572 e. The Bertz CT molecular complexity index is 730. The van der Waals surface area contributed by atoms with Gasteiger partial charge in [0.2, 0.25) is 0 Å². The Balaban J connectivity index is 1.92. The van der Waals surface area contributed by atoms with E-state index in [1.54, 1.807) is 0 Å². The second kappa shape index (κ2) is 5.54. The zero-order valence-corrected chi connectivity index (χ0v) is 12.8. The smallest absolute Gasteiger partial charge is 0.572 e. The van der Waals surface area contributed by atoms with Crippen LogP contribution in [0.3, 0.4) is 0 Å². The molecule has 0 aromatic heterocycles. The molecule has 0 N–H and O–H groups in total. The fourth-order valence-corrected chi connectivity index (χ4v) is 2.38. The predicted molar refractivity (Wildman–Crippen MR) is 80.7 cm³/mol. The van der Waals surface area contributed by atoms with Gasteiger partial charge in [0.1, 0.15) is 0 Å². The lowest BCUT2D eigenvalue weighted by atomic mass is 10.0. The van der Waals surface area contributed by atoms with Crippen LogP contribution in [0.5, 0.6) is 0 Å². The zero-order chi connectivity index (χ0) is 17.5. The van der Waals surface area contributed by atoms with E-state index in [1.165, 1.54) is 50.3 Å². The van der Waals surface area contributed by atoms with Crippen LogP contribution in [-0.2, 0) is 9.31 Å². The Kier molecular flexibility index (Phi) is 3.77. The van der Waals surface area contributed by atoms with Crippen LogP contribution < -0.4 is 0 Å². The second-order valence-electron chi connectivity index (χ2n) is 5.36. The lowest BCUT2D eigenvalue weighted by molar-refractivity contribution is -0.190. The van der Waals surface area contributed by atoms with Crippen molar-refractivity contribution in [3.05, 3.63) is 59.1 Å². The monoisotopic (exact) mass is 342 g/mol. The van der Waals surface area contributed by atoms with Crippen molar-refractivity contribution in [3.8, 4) is 0 Å². The molecule has 3 rings (SSSR count). The van der Waals surface area contributed by atoms with E-state index in [0.29, 0.717) is 11.1 Å². The SMILES string of the molecule is CC1=CC(c2ccc(C3=[O+][B-](F)(F)OC(C)=C3)cc2)=[O+][B-](F)(F)O1. The molecule has 2 heterocycles. The predicted octanol–water partition coefficient (Wildman–Crippen LogP) is 3.74. The topological polar surface area (TPSA) is 41.1 Å². The summed E-state index contributed by atoms with van der Waals surface area (Å²) in [5.41, 5.74) is 0.710. The van der Waals surface area contributed by atoms with E-state index >= 15 is 0 Å². The molecule has 2 aliphatic heterocycles. The van der Waals surface area contributed by atoms with Crippen LogP contribution in [0.2, 0.25) is 0 Å². The van der Waals surface area contributed by atoms with Crippen molar-refractivity contribution in [2.75, 3.05) is 0 Å². The number of ketones is 2. The minimum absolute atomic E-state index is 0.0216. The maximum Gasteiger partial charge on any atom is 0.994 e. The fraction of sp³-hybridized carbons (Fsp3) is 0.143. The van der Waals surface area contributed by atoms with Gasteiger partial charge in [-0.3, -0.25) is 0 Å². The van der Waals surface area contributed by atoms with E-state index in [1.807, 2.05) is 0 Å². The van der Waals surface area contributed by atoms with Crippen LogP contribution in [0.4, 0.5) is 17.3 Å². The van der Waals surface area contributed by atoms with Crippen molar-refractivity contribution in [1.29, 1.82) is 0 Å². The maximum atomic E-state index is 13.3. The highest BCUT2D eigenvalue weighted by Crippen LogP contribution is 2.24. The van der Waals surface area contributed by atoms with Crippen molar-refractivity contribution >= 4 is 25.8 Å². The van der Waals surface area contributed by atoms with Crippen molar-refractivity contribution < 1.29 is 35.3 Å². The number of hydrogen-bond donors (Lipinski definition) is 0. The third-order valence-corrected chi connectivity index (χ3v) is 3.30. The van der Waals surface area contributed by atoms with E-state index in [4.69, 9.17) is 0 Å². The quantitative estimate of drug-likeness (QED) is 0.467. The first-order valence-corrected chi connectivity index (χ1v) is 7.11. The summed E-state index contributed by atoms with van der Waals surface area (Å²) in [4.78, 5) is 0. The average molecular weight is 342 g/mol.